The summed E-state index contributed by atoms with van der Waals surface area (Å²) in [5, 5.41) is 0. The monoisotopic (exact) mass is 215 g/mol. The molecule has 0 bridgehead atoms. The molecule has 1 saturated heterocycles. The molecule has 0 unspecified atom stereocenters. The molecule has 13 heavy (non-hydrogen) atoms. The Morgan fingerprint density at radius 1 is 1.15 bits per heavy atom. The van der Waals surface area contributed by atoms with Gasteiger partial charge in [0.15, 0.2) is 0 Å². The van der Waals surface area contributed by atoms with Crippen LogP contribution in [0.1, 0.15) is 19.3 Å². The Labute approximate surface area is 102 Å². The normalized spacial score (nSPS) is 19.5. The zero-order chi connectivity index (χ0) is 9.03. The minimum absolute atomic E-state index is 0. The van der Waals surface area contributed by atoms with Crippen LogP contribution in [-0.4, -0.2) is 43.3 Å². The van der Waals surface area contributed by atoms with E-state index in [0.717, 1.165) is 25.9 Å². The van der Waals surface area contributed by atoms with Crippen LogP contribution >= 0.6 is 0 Å². The molecule has 72 valence electrons. The summed E-state index contributed by atoms with van der Waals surface area (Å²) in [6.45, 7) is 2.29. The summed E-state index contributed by atoms with van der Waals surface area (Å²) in [6, 6.07) is 0. The van der Waals surface area contributed by atoms with Gasteiger partial charge in [-0.25, -0.2) is 8.42 Å². The number of hydrogen-bond donors (Lipinski definition) is 0. The van der Waals surface area contributed by atoms with Crippen molar-refractivity contribution in [2.75, 3.05) is 25.4 Å². The first kappa shape index (κ1) is 13.9. The topological polar surface area (TPSA) is 60.4 Å². The SMILES string of the molecule is O=S(=O)([O-])CCN1CCCCC1.[Na+]. The molecule has 0 aromatic rings. The Morgan fingerprint density at radius 3 is 2.15 bits per heavy atom. The van der Waals surface area contributed by atoms with E-state index >= 15 is 0 Å². The van der Waals surface area contributed by atoms with Gasteiger partial charge in [-0.3, -0.25) is 0 Å². The van der Waals surface area contributed by atoms with E-state index in [1.54, 1.807) is 0 Å². The maximum atomic E-state index is 10.3. The second-order valence-electron chi connectivity index (χ2n) is 3.16. The molecule has 6 heteroatoms. The van der Waals surface area contributed by atoms with Crippen LogP contribution in [0.15, 0.2) is 0 Å². The number of piperidine rings is 1. The van der Waals surface area contributed by atoms with Crippen molar-refractivity contribution in [3.8, 4) is 0 Å². The van der Waals surface area contributed by atoms with Crippen molar-refractivity contribution in [3.05, 3.63) is 0 Å². The molecule has 0 radical (unpaired) electrons. The van der Waals surface area contributed by atoms with Crippen LogP contribution in [0.3, 0.4) is 0 Å². The van der Waals surface area contributed by atoms with Gasteiger partial charge in [0.05, 0.1) is 15.9 Å². The van der Waals surface area contributed by atoms with Gasteiger partial charge in [0.25, 0.3) is 0 Å². The zero-order valence-electron chi connectivity index (χ0n) is 8.03. The number of rotatable bonds is 3. The van der Waals surface area contributed by atoms with Crippen molar-refractivity contribution in [3.63, 3.8) is 0 Å². The van der Waals surface area contributed by atoms with Gasteiger partial charge in [-0.1, -0.05) is 6.42 Å². The fourth-order valence-corrected chi connectivity index (χ4v) is 1.91. The zero-order valence-corrected chi connectivity index (χ0v) is 10.8. The molecule has 0 atom stereocenters. The molecule has 4 nitrogen and oxygen atoms in total. The summed E-state index contributed by atoms with van der Waals surface area (Å²) in [5.74, 6) is -0.243. The average molecular weight is 215 g/mol. The fraction of sp³-hybridized carbons (Fsp3) is 1.00. The Balaban J connectivity index is 0.00000144. The number of likely N-dealkylation sites (tertiary alicyclic amines) is 1. The van der Waals surface area contributed by atoms with E-state index in [-0.39, 0.29) is 35.3 Å². The van der Waals surface area contributed by atoms with Gasteiger partial charge in [0.2, 0.25) is 0 Å². The van der Waals surface area contributed by atoms with E-state index in [4.69, 9.17) is 0 Å². The second kappa shape index (κ2) is 6.37. The number of hydrogen-bond acceptors (Lipinski definition) is 4. The van der Waals surface area contributed by atoms with E-state index in [0.29, 0.717) is 6.54 Å². The van der Waals surface area contributed by atoms with Crippen LogP contribution in [0.5, 0.6) is 0 Å². The van der Waals surface area contributed by atoms with Gasteiger partial charge < -0.3 is 9.45 Å². The summed E-state index contributed by atoms with van der Waals surface area (Å²) < 4.78 is 30.9. The maximum Gasteiger partial charge on any atom is 1.00 e. The van der Waals surface area contributed by atoms with Crippen molar-refractivity contribution >= 4 is 10.1 Å². The summed E-state index contributed by atoms with van der Waals surface area (Å²) in [6.07, 6.45) is 3.47. The van der Waals surface area contributed by atoms with Gasteiger partial charge in [0.1, 0.15) is 0 Å². The van der Waals surface area contributed by atoms with Crippen molar-refractivity contribution < 1.29 is 42.5 Å². The fourth-order valence-electron chi connectivity index (χ4n) is 1.42. The van der Waals surface area contributed by atoms with Gasteiger partial charge in [-0.05, 0) is 25.9 Å². The standard InChI is InChI=1S/C7H15NO3S.Na/c9-12(10,11)7-6-8-4-2-1-3-5-8;/h1-7H2,(H,9,10,11);/q;+1/p-1. The quantitative estimate of drug-likeness (QED) is 0.372. The van der Waals surface area contributed by atoms with Crippen LogP contribution in [0.2, 0.25) is 0 Å². The molecular weight excluding hydrogens is 201 g/mol. The first-order chi connectivity index (χ1) is 5.58. The molecule has 0 N–H and O–H groups in total. The van der Waals surface area contributed by atoms with Gasteiger partial charge >= 0.3 is 29.6 Å². The Morgan fingerprint density at radius 2 is 1.69 bits per heavy atom. The van der Waals surface area contributed by atoms with Gasteiger partial charge in [-0.2, -0.15) is 0 Å². The van der Waals surface area contributed by atoms with E-state index in [1.807, 2.05) is 4.90 Å². The van der Waals surface area contributed by atoms with Crippen molar-refractivity contribution in [2.24, 2.45) is 0 Å². The smallest absolute Gasteiger partial charge is 0.748 e. The van der Waals surface area contributed by atoms with E-state index in [2.05, 4.69) is 0 Å². The largest absolute Gasteiger partial charge is 1.00 e. The molecule has 1 rings (SSSR count). The molecule has 0 spiro atoms. The Kier molecular flexibility index (Phi) is 6.80. The molecule has 0 aliphatic carbocycles. The Hall–Kier alpha value is 0.870. The maximum absolute atomic E-state index is 10.3. The Bertz CT molecular complexity index is 224. The first-order valence-corrected chi connectivity index (χ1v) is 5.81. The molecule has 1 heterocycles. The molecular formula is C7H14NNaO3S. The van der Waals surface area contributed by atoms with Gasteiger partial charge in [-0.15, -0.1) is 0 Å². The van der Waals surface area contributed by atoms with Crippen molar-refractivity contribution in [1.29, 1.82) is 0 Å². The summed E-state index contributed by atoms with van der Waals surface area (Å²) >= 11 is 0. The average Bonchev–Trinajstić information content (AvgIpc) is 2.02. The predicted molar refractivity (Wildman–Crippen MR) is 44.9 cm³/mol. The third kappa shape index (κ3) is 6.88. The van der Waals surface area contributed by atoms with E-state index in [9.17, 15) is 13.0 Å². The molecule has 1 aliphatic heterocycles. The predicted octanol–water partition coefficient (Wildman–Crippen LogP) is -2.98. The molecule has 1 aliphatic rings. The minimum Gasteiger partial charge on any atom is -0.748 e. The van der Waals surface area contributed by atoms with Crippen molar-refractivity contribution in [2.45, 2.75) is 19.3 Å². The number of nitrogens with zero attached hydrogens (tertiary/aromatic N) is 1. The molecule has 0 amide bonds. The van der Waals surface area contributed by atoms with Crippen LogP contribution in [0.4, 0.5) is 0 Å². The van der Waals surface area contributed by atoms with E-state index in [1.165, 1.54) is 6.42 Å². The van der Waals surface area contributed by atoms with Gasteiger partial charge in [0, 0.05) is 6.54 Å². The minimum atomic E-state index is -4.02. The summed E-state index contributed by atoms with van der Waals surface area (Å²) in [4.78, 5) is 2.04. The van der Waals surface area contributed by atoms with Crippen LogP contribution < -0.4 is 29.6 Å². The third-order valence-corrected chi connectivity index (χ3v) is 2.79. The van der Waals surface area contributed by atoms with E-state index < -0.39 is 10.1 Å². The molecule has 0 saturated carbocycles. The van der Waals surface area contributed by atoms with Crippen LogP contribution in [0, 0.1) is 0 Å². The summed E-state index contributed by atoms with van der Waals surface area (Å²) in [7, 11) is -4.02. The molecule has 1 fully saturated rings. The van der Waals surface area contributed by atoms with Crippen LogP contribution in [-0.2, 0) is 10.1 Å². The summed E-state index contributed by atoms with van der Waals surface area (Å²) in [5.41, 5.74) is 0. The molecule has 0 aromatic heterocycles. The second-order valence-corrected chi connectivity index (χ2v) is 4.69. The molecule has 0 aromatic carbocycles. The third-order valence-electron chi connectivity index (χ3n) is 2.11. The van der Waals surface area contributed by atoms with Crippen LogP contribution in [0.25, 0.3) is 0 Å². The van der Waals surface area contributed by atoms with Crippen molar-refractivity contribution in [1.82, 2.24) is 4.90 Å². The first-order valence-electron chi connectivity index (χ1n) is 4.24.